The fourth-order valence-corrected chi connectivity index (χ4v) is 2.82. The van der Waals surface area contributed by atoms with Gasteiger partial charge in [0.1, 0.15) is 16.6 Å². The van der Waals surface area contributed by atoms with Crippen LogP contribution >= 0.6 is 11.3 Å². The average molecular weight is 251 g/mol. The number of aryl methyl sites for hydroxylation is 1. The number of rotatable bonds is 3. The third-order valence-corrected chi connectivity index (χ3v) is 3.79. The molecule has 1 aliphatic heterocycles. The monoisotopic (exact) mass is 251 g/mol. The van der Waals surface area contributed by atoms with Gasteiger partial charge in [0, 0.05) is 11.4 Å². The molecule has 0 fully saturated rings. The van der Waals surface area contributed by atoms with Crippen molar-refractivity contribution in [2.24, 2.45) is 0 Å². The summed E-state index contributed by atoms with van der Waals surface area (Å²) in [4.78, 5) is 6.31. The van der Waals surface area contributed by atoms with Gasteiger partial charge in [0.05, 0.1) is 17.8 Å². The van der Waals surface area contributed by atoms with Crippen LogP contribution in [-0.2, 0) is 6.42 Å². The van der Waals surface area contributed by atoms with E-state index in [4.69, 9.17) is 5.41 Å². The molecule has 0 atom stereocenters. The third kappa shape index (κ3) is 2.07. The summed E-state index contributed by atoms with van der Waals surface area (Å²) in [5.41, 5.74) is 1.62. The van der Waals surface area contributed by atoms with Crippen LogP contribution in [0.2, 0.25) is 0 Å². The van der Waals surface area contributed by atoms with E-state index >= 15 is 0 Å². The van der Waals surface area contributed by atoms with Gasteiger partial charge < -0.3 is 10.0 Å². The first-order chi connectivity index (χ1) is 8.04. The highest BCUT2D eigenvalue weighted by Gasteiger charge is 2.31. The number of nitrogens with zero attached hydrogens (tertiary/aromatic N) is 2. The first-order valence-corrected chi connectivity index (χ1v) is 6.65. The Bertz CT molecular complexity index is 476. The number of hydrogen-bond acceptors (Lipinski definition) is 4. The smallest absolute Gasteiger partial charge is 0.135 e. The highest BCUT2D eigenvalue weighted by Crippen LogP contribution is 2.30. The molecule has 0 saturated heterocycles. The van der Waals surface area contributed by atoms with Crippen LogP contribution in [0, 0.1) is 5.41 Å². The Kier molecular flexibility index (Phi) is 3.19. The number of aromatic nitrogens is 1. The van der Waals surface area contributed by atoms with Gasteiger partial charge in [0.25, 0.3) is 0 Å². The van der Waals surface area contributed by atoms with Crippen LogP contribution in [0.4, 0.5) is 0 Å². The van der Waals surface area contributed by atoms with E-state index in [2.05, 4.69) is 4.98 Å². The van der Waals surface area contributed by atoms with E-state index in [9.17, 15) is 5.11 Å². The average Bonchev–Trinajstić information content (AvgIpc) is 2.83. The minimum atomic E-state index is 0.216. The van der Waals surface area contributed by atoms with Crippen LogP contribution in [0.15, 0.2) is 11.1 Å². The number of thiazole rings is 1. The zero-order valence-electron chi connectivity index (χ0n) is 10.3. The molecule has 92 valence electrons. The van der Waals surface area contributed by atoms with Crippen LogP contribution in [0.5, 0.6) is 0 Å². The second kappa shape index (κ2) is 4.49. The topological polar surface area (TPSA) is 60.2 Å². The van der Waals surface area contributed by atoms with Gasteiger partial charge in [-0.1, -0.05) is 6.92 Å². The van der Waals surface area contributed by atoms with Crippen molar-refractivity contribution in [2.75, 3.05) is 6.54 Å². The fraction of sp³-hybridized carbons (Fsp3) is 0.500. The molecule has 4 nitrogen and oxygen atoms in total. The number of amidine groups is 1. The predicted octanol–water partition coefficient (Wildman–Crippen LogP) is 2.68. The van der Waals surface area contributed by atoms with Gasteiger partial charge in [-0.3, -0.25) is 5.41 Å². The predicted molar refractivity (Wildman–Crippen MR) is 70.6 cm³/mol. The quantitative estimate of drug-likeness (QED) is 0.868. The lowest BCUT2D eigenvalue weighted by Gasteiger charge is -2.22. The molecule has 0 unspecified atom stereocenters. The molecule has 0 aromatic carbocycles. The molecule has 1 aliphatic rings. The first kappa shape index (κ1) is 12.1. The molecule has 1 aromatic heterocycles. The zero-order chi connectivity index (χ0) is 12.6. The lowest BCUT2D eigenvalue weighted by atomic mass is 10.2. The normalized spacial score (nSPS) is 16.5. The van der Waals surface area contributed by atoms with Gasteiger partial charge in [-0.15, -0.1) is 11.3 Å². The second-order valence-corrected chi connectivity index (χ2v) is 5.25. The van der Waals surface area contributed by atoms with Crippen molar-refractivity contribution >= 4 is 22.7 Å². The standard InChI is InChI=1S/C12H17N3OS/c1-4-8-6-17-12(14-8)10-9(16)5-15(7(2)3)11(10)13/h6-7,13,16H,4-5H2,1-3H3. The largest absolute Gasteiger partial charge is 0.510 e. The molecule has 17 heavy (non-hydrogen) atoms. The number of hydrogen-bond donors (Lipinski definition) is 2. The molecule has 5 heteroatoms. The molecule has 2 N–H and O–H groups in total. The number of aliphatic hydroxyl groups excluding tert-OH is 1. The minimum absolute atomic E-state index is 0.216. The molecule has 2 heterocycles. The van der Waals surface area contributed by atoms with E-state index in [1.807, 2.05) is 31.1 Å². The number of nitrogens with one attached hydrogen (secondary N) is 1. The lowest BCUT2D eigenvalue weighted by molar-refractivity contribution is 0.318. The third-order valence-electron chi connectivity index (χ3n) is 2.88. The van der Waals surface area contributed by atoms with E-state index < -0.39 is 0 Å². The lowest BCUT2D eigenvalue weighted by Crippen LogP contribution is -2.33. The molecular weight excluding hydrogens is 234 g/mol. The first-order valence-electron chi connectivity index (χ1n) is 5.77. The minimum Gasteiger partial charge on any atom is -0.510 e. The summed E-state index contributed by atoms with van der Waals surface area (Å²) in [5.74, 6) is 0.648. The Hall–Kier alpha value is -1.36. The van der Waals surface area contributed by atoms with Crippen LogP contribution in [0.25, 0.3) is 5.57 Å². The van der Waals surface area contributed by atoms with Gasteiger partial charge in [-0.05, 0) is 20.3 Å². The Morgan fingerprint density at radius 3 is 2.76 bits per heavy atom. The highest BCUT2D eigenvalue weighted by atomic mass is 32.1. The summed E-state index contributed by atoms with van der Waals surface area (Å²) in [6.07, 6.45) is 0.881. The Labute approximate surface area is 105 Å². The van der Waals surface area contributed by atoms with Gasteiger partial charge in [0.2, 0.25) is 0 Å². The van der Waals surface area contributed by atoms with Crippen molar-refractivity contribution in [1.82, 2.24) is 9.88 Å². The molecule has 2 rings (SSSR count). The molecule has 0 radical (unpaired) electrons. The van der Waals surface area contributed by atoms with Gasteiger partial charge in [-0.25, -0.2) is 4.98 Å². The molecule has 0 spiro atoms. The fourth-order valence-electron chi connectivity index (χ4n) is 1.85. The molecule has 1 aromatic rings. The number of aliphatic hydroxyl groups is 1. The van der Waals surface area contributed by atoms with E-state index in [0.717, 1.165) is 17.1 Å². The van der Waals surface area contributed by atoms with Gasteiger partial charge in [0.15, 0.2) is 0 Å². The van der Waals surface area contributed by atoms with Crippen LogP contribution in [0.1, 0.15) is 31.5 Å². The SMILES string of the molecule is CCc1csc(C2=C(O)CN(C(C)C)C2=N)n1. The summed E-state index contributed by atoms with van der Waals surface area (Å²) < 4.78 is 0. The van der Waals surface area contributed by atoms with Crippen molar-refractivity contribution in [3.8, 4) is 0 Å². The Balaban J connectivity index is 2.32. The van der Waals surface area contributed by atoms with Crippen LogP contribution < -0.4 is 0 Å². The van der Waals surface area contributed by atoms with Crippen molar-refractivity contribution in [1.29, 1.82) is 5.41 Å². The van der Waals surface area contributed by atoms with Gasteiger partial charge in [-0.2, -0.15) is 0 Å². The molecule has 0 aliphatic carbocycles. The Morgan fingerprint density at radius 1 is 1.59 bits per heavy atom. The maximum atomic E-state index is 9.98. The van der Waals surface area contributed by atoms with Crippen molar-refractivity contribution < 1.29 is 5.11 Å². The Morgan fingerprint density at radius 2 is 2.29 bits per heavy atom. The van der Waals surface area contributed by atoms with Crippen LogP contribution in [-0.4, -0.2) is 33.4 Å². The highest BCUT2D eigenvalue weighted by molar-refractivity contribution is 7.11. The molecule has 0 saturated carbocycles. The van der Waals surface area contributed by atoms with E-state index in [1.165, 1.54) is 11.3 Å². The van der Waals surface area contributed by atoms with Crippen molar-refractivity contribution in [3.05, 3.63) is 21.8 Å². The summed E-state index contributed by atoms with van der Waals surface area (Å²) in [5, 5.41) is 20.8. The zero-order valence-corrected chi connectivity index (χ0v) is 11.1. The summed E-state index contributed by atoms with van der Waals surface area (Å²) in [6, 6.07) is 0.216. The molecule has 0 bridgehead atoms. The van der Waals surface area contributed by atoms with Crippen LogP contribution in [0.3, 0.4) is 0 Å². The maximum absolute atomic E-state index is 9.98. The summed E-state index contributed by atoms with van der Waals surface area (Å²) in [6.45, 7) is 6.51. The van der Waals surface area contributed by atoms with E-state index in [1.54, 1.807) is 0 Å². The van der Waals surface area contributed by atoms with Crippen molar-refractivity contribution in [2.45, 2.75) is 33.2 Å². The van der Waals surface area contributed by atoms with E-state index in [0.29, 0.717) is 18.0 Å². The van der Waals surface area contributed by atoms with Gasteiger partial charge >= 0.3 is 0 Å². The summed E-state index contributed by atoms with van der Waals surface area (Å²) >= 11 is 1.50. The van der Waals surface area contributed by atoms with Crippen molar-refractivity contribution in [3.63, 3.8) is 0 Å². The summed E-state index contributed by atoms with van der Waals surface area (Å²) in [7, 11) is 0. The molecule has 0 amide bonds. The maximum Gasteiger partial charge on any atom is 0.135 e. The van der Waals surface area contributed by atoms with E-state index in [-0.39, 0.29) is 11.8 Å². The molecular formula is C12H17N3OS. The second-order valence-electron chi connectivity index (χ2n) is 4.39.